The number of rotatable bonds is 0. The number of aliphatic hydroxyl groups is 2. The normalized spacial score (nSPS) is 56.4. The van der Waals surface area contributed by atoms with Gasteiger partial charge in [-0.3, -0.25) is 0 Å². The van der Waals surface area contributed by atoms with Crippen LogP contribution in [0.1, 0.15) is 65.7 Å². The van der Waals surface area contributed by atoms with Crippen LogP contribution in [0.3, 0.4) is 0 Å². The first kappa shape index (κ1) is 15.2. The van der Waals surface area contributed by atoms with E-state index in [0.29, 0.717) is 23.2 Å². The number of fused-ring (bicyclic) bond motifs is 3. The predicted octanol–water partition coefficient (Wildman–Crippen LogP) is 3.92. The van der Waals surface area contributed by atoms with Crippen molar-refractivity contribution in [2.75, 3.05) is 0 Å². The van der Waals surface area contributed by atoms with E-state index in [2.05, 4.69) is 27.4 Å². The maximum Gasteiger partial charge on any atom is 0.0809 e. The Balaban J connectivity index is 1.81. The van der Waals surface area contributed by atoms with Gasteiger partial charge in [-0.25, -0.2) is 0 Å². The zero-order chi connectivity index (χ0) is 15.9. The maximum atomic E-state index is 11.0. The summed E-state index contributed by atoms with van der Waals surface area (Å²) < 4.78 is 0. The lowest BCUT2D eigenvalue weighted by Gasteiger charge is -2.65. The van der Waals surface area contributed by atoms with Gasteiger partial charge in [-0.15, -0.1) is 0 Å². The minimum Gasteiger partial charge on any atom is -0.393 e. The maximum absolute atomic E-state index is 11.0. The topological polar surface area (TPSA) is 40.5 Å². The molecule has 0 amide bonds. The van der Waals surface area contributed by atoms with Crippen molar-refractivity contribution in [3.8, 4) is 0 Å². The van der Waals surface area contributed by atoms with Crippen LogP contribution in [0, 0.1) is 34.0 Å². The fourth-order valence-corrected chi connectivity index (χ4v) is 7.57. The molecule has 2 bridgehead atoms. The number of hydrogen-bond donors (Lipinski definition) is 2. The molecule has 7 atom stereocenters. The Morgan fingerprint density at radius 1 is 0.955 bits per heavy atom. The van der Waals surface area contributed by atoms with E-state index in [1.54, 1.807) is 0 Å². The largest absolute Gasteiger partial charge is 0.393 e. The highest BCUT2D eigenvalue weighted by Crippen LogP contribution is 2.71. The van der Waals surface area contributed by atoms with Gasteiger partial charge in [-0.1, -0.05) is 27.4 Å². The Morgan fingerprint density at radius 3 is 2.41 bits per heavy atom. The van der Waals surface area contributed by atoms with E-state index in [4.69, 9.17) is 0 Å². The summed E-state index contributed by atoms with van der Waals surface area (Å²) in [5.41, 5.74) is 1.39. The first-order valence-electron chi connectivity index (χ1n) is 9.28. The molecule has 124 valence electrons. The molecule has 0 aliphatic heterocycles. The second kappa shape index (κ2) is 4.39. The average molecular weight is 304 g/mol. The zero-order valence-corrected chi connectivity index (χ0v) is 14.4. The third-order valence-electron chi connectivity index (χ3n) is 8.67. The highest BCUT2D eigenvalue weighted by molar-refractivity contribution is 5.27. The van der Waals surface area contributed by atoms with Gasteiger partial charge in [-0.2, -0.15) is 0 Å². The van der Waals surface area contributed by atoms with Crippen LogP contribution in [-0.4, -0.2) is 22.4 Å². The van der Waals surface area contributed by atoms with Crippen LogP contribution in [-0.2, 0) is 0 Å². The van der Waals surface area contributed by atoms with Crippen molar-refractivity contribution >= 4 is 0 Å². The average Bonchev–Trinajstić information content (AvgIpc) is 2.65. The summed E-state index contributed by atoms with van der Waals surface area (Å²) in [6, 6.07) is 0. The van der Waals surface area contributed by atoms with E-state index in [1.165, 1.54) is 6.42 Å². The molecular formula is C20H32O2. The summed E-state index contributed by atoms with van der Waals surface area (Å²) in [5, 5.41) is 22.0. The highest BCUT2D eigenvalue weighted by atomic mass is 16.3. The third kappa shape index (κ3) is 1.59. The van der Waals surface area contributed by atoms with Gasteiger partial charge in [0.05, 0.1) is 12.2 Å². The molecule has 22 heavy (non-hydrogen) atoms. The monoisotopic (exact) mass is 304 g/mol. The van der Waals surface area contributed by atoms with Crippen LogP contribution in [0.25, 0.3) is 0 Å². The first-order valence-corrected chi connectivity index (χ1v) is 9.28. The fraction of sp³-hybridized carbons (Fsp3) is 0.900. The minimum absolute atomic E-state index is 0.0135. The summed E-state index contributed by atoms with van der Waals surface area (Å²) in [7, 11) is 0. The standard InChI is InChI=1S/C20H32O2/c1-12-13-5-6-15-19(4)14(18(2,3)9-8-16(19)21)7-10-20(15,11-13)17(12)22/h13-17,21-22H,1,5-11H2,2-4H3/t13-,14-,15+,16+,17+,19-,20-/m1/s1. The molecule has 0 aromatic carbocycles. The Bertz CT molecular complexity index is 510. The molecule has 0 aromatic heterocycles. The first-order chi connectivity index (χ1) is 10.2. The molecule has 2 N–H and O–H groups in total. The van der Waals surface area contributed by atoms with Crippen LogP contribution >= 0.6 is 0 Å². The van der Waals surface area contributed by atoms with Crippen molar-refractivity contribution in [1.29, 1.82) is 0 Å². The Labute approximate surface area is 135 Å². The van der Waals surface area contributed by atoms with Crippen molar-refractivity contribution in [3.63, 3.8) is 0 Å². The van der Waals surface area contributed by atoms with Crippen LogP contribution < -0.4 is 0 Å². The van der Waals surface area contributed by atoms with Gasteiger partial charge in [0.25, 0.3) is 0 Å². The molecule has 0 radical (unpaired) electrons. The second-order valence-corrected chi connectivity index (χ2v) is 9.74. The Hall–Kier alpha value is -0.340. The molecule has 0 unspecified atom stereocenters. The van der Waals surface area contributed by atoms with Crippen molar-refractivity contribution in [2.45, 2.75) is 77.9 Å². The van der Waals surface area contributed by atoms with Crippen molar-refractivity contribution < 1.29 is 10.2 Å². The molecule has 4 aliphatic carbocycles. The van der Waals surface area contributed by atoms with Gasteiger partial charge in [0.2, 0.25) is 0 Å². The van der Waals surface area contributed by atoms with Gasteiger partial charge in [0.15, 0.2) is 0 Å². The summed E-state index contributed by atoms with van der Waals surface area (Å²) in [6.07, 6.45) is 7.26. The SMILES string of the molecule is C=C1[C@@H]2CC[C@@H]3[C@@](CC[C@@H]4C(C)(C)CC[C@H](O)[C@]43C)(C2)[C@H]1O. The zero-order valence-electron chi connectivity index (χ0n) is 14.4. The van der Waals surface area contributed by atoms with Crippen molar-refractivity contribution in [1.82, 2.24) is 0 Å². The van der Waals surface area contributed by atoms with Gasteiger partial charge in [-0.05, 0) is 73.7 Å². The van der Waals surface area contributed by atoms with Crippen LogP contribution in [0.15, 0.2) is 12.2 Å². The van der Waals surface area contributed by atoms with Gasteiger partial charge >= 0.3 is 0 Å². The third-order valence-corrected chi connectivity index (χ3v) is 8.67. The van der Waals surface area contributed by atoms with E-state index in [-0.39, 0.29) is 23.0 Å². The molecule has 4 aliphatic rings. The summed E-state index contributed by atoms with van der Waals surface area (Å²) in [5.74, 6) is 1.57. The number of aliphatic hydroxyl groups excluding tert-OH is 2. The molecule has 4 saturated carbocycles. The van der Waals surface area contributed by atoms with Crippen molar-refractivity contribution in [2.24, 2.45) is 34.0 Å². The lowest BCUT2D eigenvalue weighted by atomic mass is 9.40. The molecule has 4 fully saturated rings. The molecule has 0 aromatic rings. The van der Waals surface area contributed by atoms with Crippen LogP contribution in [0.2, 0.25) is 0 Å². The van der Waals surface area contributed by atoms with E-state index in [0.717, 1.165) is 44.1 Å². The molecule has 4 rings (SSSR count). The smallest absolute Gasteiger partial charge is 0.0809 e. The Morgan fingerprint density at radius 2 is 1.68 bits per heavy atom. The van der Waals surface area contributed by atoms with Gasteiger partial charge in [0, 0.05) is 10.8 Å². The molecule has 2 nitrogen and oxygen atoms in total. The van der Waals surface area contributed by atoms with Gasteiger partial charge < -0.3 is 10.2 Å². The lowest BCUT2D eigenvalue weighted by molar-refractivity contribution is -0.213. The fourth-order valence-electron chi connectivity index (χ4n) is 7.57. The summed E-state index contributed by atoms with van der Waals surface area (Å²) >= 11 is 0. The second-order valence-electron chi connectivity index (χ2n) is 9.74. The quantitative estimate of drug-likeness (QED) is 0.666. The molecule has 0 heterocycles. The van der Waals surface area contributed by atoms with Crippen molar-refractivity contribution in [3.05, 3.63) is 12.2 Å². The van der Waals surface area contributed by atoms with E-state index >= 15 is 0 Å². The van der Waals surface area contributed by atoms with E-state index in [9.17, 15) is 10.2 Å². The number of hydrogen-bond acceptors (Lipinski definition) is 2. The molecule has 0 saturated heterocycles. The van der Waals surface area contributed by atoms with E-state index in [1.807, 2.05) is 0 Å². The predicted molar refractivity (Wildman–Crippen MR) is 88.3 cm³/mol. The van der Waals surface area contributed by atoms with Crippen LogP contribution in [0.4, 0.5) is 0 Å². The van der Waals surface area contributed by atoms with Gasteiger partial charge in [0.1, 0.15) is 0 Å². The summed E-state index contributed by atoms with van der Waals surface area (Å²) in [4.78, 5) is 0. The molecule has 1 spiro atoms. The molecular weight excluding hydrogens is 272 g/mol. The van der Waals surface area contributed by atoms with E-state index < -0.39 is 0 Å². The Kier molecular flexibility index (Phi) is 3.03. The minimum atomic E-state index is -0.333. The highest BCUT2D eigenvalue weighted by Gasteiger charge is 2.68. The van der Waals surface area contributed by atoms with Crippen LogP contribution in [0.5, 0.6) is 0 Å². The summed E-state index contributed by atoms with van der Waals surface area (Å²) in [6.45, 7) is 11.4. The molecule has 2 heteroatoms. The lowest BCUT2D eigenvalue weighted by Crippen LogP contribution is -2.63.